The van der Waals surface area contributed by atoms with Crippen LogP contribution in [0, 0.1) is 6.92 Å². The normalized spacial score (nSPS) is 12.4. The first-order valence-corrected chi connectivity index (χ1v) is 6.85. The molecule has 1 N–H and O–H groups in total. The largest absolute Gasteiger partial charge is 0.305 e. The van der Waals surface area contributed by atoms with Crippen LogP contribution >= 0.6 is 15.9 Å². The molecule has 0 aliphatic rings. The molecule has 2 aromatic rings. The van der Waals surface area contributed by atoms with E-state index < -0.39 is 0 Å². The van der Waals surface area contributed by atoms with Gasteiger partial charge in [0.1, 0.15) is 0 Å². The summed E-state index contributed by atoms with van der Waals surface area (Å²) in [5.41, 5.74) is 3.61. The fraction of sp³-hybridized carbons (Fsp3) is 0.267. The van der Waals surface area contributed by atoms with E-state index in [9.17, 15) is 0 Å². The van der Waals surface area contributed by atoms with Gasteiger partial charge in [-0.25, -0.2) is 0 Å². The maximum Gasteiger partial charge on any atom is 0.0570 e. The molecule has 94 valence electrons. The third kappa shape index (κ3) is 3.40. The van der Waals surface area contributed by atoms with Gasteiger partial charge in [-0.2, -0.15) is 0 Å². The minimum Gasteiger partial charge on any atom is -0.305 e. The van der Waals surface area contributed by atoms with Crippen LogP contribution in [0.25, 0.3) is 0 Å². The number of benzene rings is 1. The molecule has 1 aromatic heterocycles. The molecule has 2 nitrogen and oxygen atoms in total. The number of rotatable bonds is 4. The van der Waals surface area contributed by atoms with Crippen LogP contribution < -0.4 is 5.32 Å². The van der Waals surface area contributed by atoms with E-state index in [1.807, 2.05) is 18.3 Å². The summed E-state index contributed by atoms with van der Waals surface area (Å²) in [6.07, 6.45) is 1.84. The predicted octanol–water partition coefficient (Wildman–Crippen LogP) is 4.00. The Morgan fingerprint density at radius 3 is 2.83 bits per heavy atom. The van der Waals surface area contributed by atoms with Crippen molar-refractivity contribution in [2.24, 2.45) is 0 Å². The van der Waals surface area contributed by atoms with E-state index in [0.717, 1.165) is 16.7 Å². The van der Waals surface area contributed by atoms with Crippen molar-refractivity contribution in [1.29, 1.82) is 0 Å². The Labute approximate surface area is 117 Å². The lowest BCUT2D eigenvalue weighted by Crippen LogP contribution is -2.19. The second-order valence-electron chi connectivity index (χ2n) is 4.42. The molecule has 0 saturated heterocycles. The highest BCUT2D eigenvalue weighted by Gasteiger charge is 2.06. The van der Waals surface area contributed by atoms with E-state index in [2.05, 4.69) is 64.3 Å². The highest BCUT2D eigenvalue weighted by molar-refractivity contribution is 9.10. The first kappa shape index (κ1) is 13.2. The van der Waals surface area contributed by atoms with Gasteiger partial charge < -0.3 is 5.32 Å². The monoisotopic (exact) mass is 304 g/mol. The van der Waals surface area contributed by atoms with E-state index in [1.165, 1.54) is 11.1 Å². The number of hydrogen-bond acceptors (Lipinski definition) is 2. The summed E-state index contributed by atoms with van der Waals surface area (Å²) >= 11 is 3.50. The van der Waals surface area contributed by atoms with E-state index in [1.54, 1.807) is 0 Å². The Hall–Kier alpha value is -1.19. The smallest absolute Gasteiger partial charge is 0.0570 e. The standard InChI is InChI=1S/C15H17BrN2/c1-11-5-4-8-17-15(11)10-18-12(2)13-6-3-7-14(16)9-13/h3-9,12,18H,10H2,1-2H3/t12-/m1/s1. The molecule has 0 spiro atoms. The predicted molar refractivity (Wildman–Crippen MR) is 78.4 cm³/mol. The van der Waals surface area contributed by atoms with Crippen molar-refractivity contribution in [3.05, 3.63) is 63.9 Å². The second-order valence-corrected chi connectivity index (χ2v) is 5.34. The number of nitrogens with one attached hydrogen (secondary N) is 1. The quantitative estimate of drug-likeness (QED) is 0.923. The van der Waals surface area contributed by atoms with E-state index >= 15 is 0 Å². The van der Waals surface area contributed by atoms with E-state index in [0.29, 0.717) is 6.04 Å². The lowest BCUT2D eigenvalue weighted by atomic mass is 10.1. The van der Waals surface area contributed by atoms with Gasteiger partial charge in [0.05, 0.1) is 5.69 Å². The molecule has 1 heterocycles. The molecule has 0 unspecified atom stereocenters. The lowest BCUT2D eigenvalue weighted by Gasteiger charge is -2.15. The Morgan fingerprint density at radius 2 is 2.11 bits per heavy atom. The maximum absolute atomic E-state index is 4.39. The van der Waals surface area contributed by atoms with Crippen LogP contribution in [0.15, 0.2) is 47.1 Å². The van der Waals surface area contributed by atoms with Gasteiger partial charge in [0.25, 0.3) is 0 Å². The van der Waals surface area contributed by atoms with Crippen molar-refractivity contribution < 1.29 is 0 Å². The van der Waals surface area contributed by atoms with Gasteiger partial charge in [-0.3, -0.25) is 4.98 Å². The van der Waals surface area contributed by atoms with Crippen molar-refractivity contribution in [2.45, 2.75) is 26.4 Å². The average Bonchev–Trinajstić information content (AvgIpc) is 2.37. The number of aryl methyl sites for hydroxylation is 1. The van der Waals surface area contributed by atoms with Crippen LogP contribution in [0.5, 0.6) is 0 Å². The molecule has 1 atom stereocenters. The Kier molecular flexibility index (Phi) is 4.50. The molecule has 0 radical (unpaired) electrons. The highest BCUT2D eigenvalue weighted by Crippen LogP contribution is 2.18. The van der Waals surface area contributed by atoms with Crippen molar-refractivity contribution in [3.63, 3.8) is 0 Å². The van der Waals surface area contributed by atoms with Crippen LogP contribution in [0.2, 0.25) is 0 Å². The molecular weight excluding hydrogens is 288 g/mol. The fourth-order valence-corrected chi connectivity index (χ4v) is 2.26. The summed E-state index contributed by atoms with van der Waals surface area (Å²) in [5.74, 6) is 0. The zero-order valence-electron chi connectivity index (χ0n) is 10.7. The Morgan fingerprint density at radius 1 is 1.28 bits per heavy atom. The van der Waals surface area contributed by atoms with Crippen molar-refractivity contribution in [1.82, 2.24) is 10.3 Å². The van der Waals surface area contributed by atoms with Gasteiger partial charge >= 0.3 is 0 Å². The number of pyridine rings is 1. The minimum atomic E-state index is 0.309. The second kappa shape index (κ2) is 6.12. The molecule has 18 heavy (non-hydrogen) atoms. The SMILES string of the molecule is Cc1cccnc1CN[C@H](C)c1cccc(Br)c1. The van der Waals surface area contributed by atoms with Gasteiger partial charge in [0.15, 0.2) is 0 Å². The number of nitrogens with zero attached hydrogens (tertiary/aromatic N) is 1. The number of halogens is 1. The van der Waals surface area contributed by atoms with Crippen molar-refractivity contribution in [3.8, 4) is 0 Å². The van der Waals surface area contributed by atoms with Crippen molar-refractivity contribution in [2.75, 3.05) is 0 Å². The van der Waals surface area contributed by atoms with Crippen LogP contribution in [0.4, 0.5) is 0 Å². The van der Waals surface area contributed by atoms with Gasteiger partial charge in [0, 0.05) is 23.3 Å². The van der Waals surface area contributed by atoms with Crippen LogP contribution in [0.3, 0.4) is 0 Å². The zero-order chi connectivity index (χ0) is 13.0. The van der Waals surface area contributed by atoms with E-state index in [-0.39, 0.29) is 0 Å². The van der Waals surface area contributed by atoms with Crippen LogP contribution in [-0.2, 0) is 6.54 Å². The Bertz CT molecular complexity index is 525. The van der Waals surface area contributed by atoms with Gasteiger partial charge in [-0.15, -0.1) is 0 Å². The molecule has 3 heteroatoms. The van der Waals surface area contributed by atoms with Gasteiger partial charge in [0.2, 0.25) is 0 Å². The summed E-state index contributed by atoms with van der Waals surface area (Å²) in [4.78, 5) is 4.39. The molecule has 0 saturated carbocycles. The lowest BCUT2D eigenvalue weighted by molar-refractivity contribution is 0.566. The summed E-state index contributed by atoms with van der Waals surface area (Å²) in [6, 6.07) is 12.7. The third-order valence-electron chi connectivity index (χ3n) is 3.04. The molecule has 0 bridgehead atoms. The summed E-state index contributed by atoms with van der Waals surface area (Å²) in [7, 11) is 0. The first-order chi connectivity index (χ1) is 8.66. The molecule has 0 aliphatic heterocycles. The highest BCUT2D eigenvalue weighted by atomic mass is 79.9. The molecule has 0 aliphatic carbocycles. The maximum atomic E-state index is 4.39. The van der Waals surface area contributed by atoms with E-state index in [4.69, 9.17) is 0 Å². The van der Waals surface area contributed by atoms with Crippen LogP contribution in [0.1, 0.15) is 29.8 Å². The van der Waals surface area contributed by atoms with Crippen molar-refractivity contribution >= 4 is 15.9 Å². The number of hydrogen-bond donors (Lipinski definition) is 1. The number of aromatic nitrogens is 1. The fourth-order valence-electron chi connectivity index (χ4n) is 1.85. The van der Waals surface area contributed by atoms with Gasteiger partial charge in [-0.1, -0.05) is 34.1 Å². The summed E-state index contributed by atoms with van der Waals surface area (Å²) < 4.78 is 1.11. The van der Waals surface area contributed by atoms with Crippen LogP contribution in [-0.4, -0.2) is 4.98 Å². The Balaban J connectivity index is 2.00. The molecular formula is C15H17BrN2. The topological polar surface area (TPSA) is 24.9 Å². The average molecular weight is 305 g/mol. The summed E-state index contributed by atoms with van der Waals surface area (Å²) in [5, 5.41) is 3.50. The molecule has 2 rings (SSSR count). The molecule has 1 aromatic carbocycles. The van der Waals surface area contributed by atoms with Gasteiger partial charge in [-0.05, 0) is 43.2 Å². The summed E-state index contributed by atoms with van der Waals surface area (Å²) in [6.45, 7) is 5.05. The molecule has 0 fully saturated rings. The third-order valence-corrected chi connectivity index (χ3v) is 3.54. The zero-order valence-corrected chi connectivity index (χ0v) is 12.2. The molecule has 0 amide bonds. The minimum absolute atomic E-state index is 0.309. The first-order valence-electron chi connectivity index (χ1n) is 6.06.